The number of fused-ring (bicyclic) bond motifs is 1. The number of phenolic OH excluding ortho intramolecular Hbond substituents is 1. The second-order valence-electron chi connectivity index (χ2n) is 8.06. The fraction of sp³-hybridized carbons (Fsp3) is 0.524. The highest BCUT2D eigenvalue weighted by Crippen LogP contribution is 2.40. The number of aryl methyl sites for hydroxylation is 2. The molecule has 0 unspecified atom stereocenters. The lowest BCUT2D eigenvalue weighted by atomic mass is 9.74. The number of rotatable bonds is 5. The van der Waals surface area contributed by atoms with Crippen LogP contribution >= 0.6 is 0 Å². The maximum Gasteiger partial charge on any atom is 0.456 e. The van der Waals surface area contributed by atoms with E-state index in [-0.39, 0.29) is 18.2 Å². The molecule has 2 aliphatic rings. The van der Waals surface area contributed by atoms with Crippen molar-refractivity contribution in [1.29, 1.82) is 0 Å². The van der Waals surface area contributed by atoms with Crippen LogP contribution in [0.15, 0.2) is 28.9 Å². The van der Waals surface area contributed by atoms with E-state index in [9.17, 15) is 18.5 Å². The summed E-state index contributed by atoms with van der Waals surface area (Å²) in [5, 5.41) is 19.4. The molecule has 2 heterocycles. The van der Waals surface area contributed by atoms with Crippen molar-refractivity contribution in [3.05, 3.63) is 45.5 Å². The summed E-state index contributed by atoms with van der Waals surface area (Å²) >= 11 is 0. The molecule has 28 heavy (non-hydrogen) atoms. The van der Waals surface area contributed by atoms with Crippen LogP contribution in [0.2, 0.25) is 6.32 Å². The molecule has 152 valence electrons. The zero-order valence-electron chi connectivity index (χ0n) is 17.0. The normalized spacial score (nSPS) is 24.6. The number of aromatic hydroxyl groups is 1. The first-order valence-electron chi connectivity index (χ1n) is 9.86. The highest BCUT2D eigenvalue weighted by Gasteiger charge is 2.47. The van der Waals surface area contributed by atoms with Crippen LogP contribution in [0.3, 0.4) is 0 Å². The Labute approximate surface area is 168 Å². The van der Waals surface area contributed by atoms with Crippen LogP contribution in [0.5, 0.6) is 5.75 Å². The molecule has 2 aliphatic heterocycles. The van der Waals surface area contributed by atoms with E-state index in [1.165, 1.54) is 0 Å². The van der Waals surface area contributed by atoms with Gasteiger partial charge < -0.3 is 14.8 Å². The first-order valence-corrected chi connectivity index (χ1v) is 11.6. The summed E-state index contributed by atoms with van der Waals surface area (Å²) in [6.45, 7) is 7.77. The van der Waals surface area contributed by atoms with Gasteiger partial charge in [-0.2, -0.15) is 0 Å². The number of hydrogen-bond acceptors (Lipinski definition) is 5. The Morgan fingerprint density at radius 1 is 1.32 bits per heavy atom. The van der Waals surface area contributed by atoms with Gasteiger partial charge in [0.05, 0.1) is 17.1 Å². The van der Waals surface area contributed by atoms with Crippen LogP contribution in [0.25, 0.3) is 6.08 Å². The van der Waals surface area contributed by atoms with Gasteiger partial charge in [0.2, 0.25) is 0 Å². The minimum Gasteiger partial charge on any atom is -0.507 e. The molecule has 0 aromatic heterocycles. The Morgan fingerprint density at radius 2 is 1.96 bits per heavy atom. The molecule has 5 nitrogen and oxygen atoms in total. The van der Waals surface area contributed by atoms with Crippen LogP contribution in [0, 0.1) is 13.8 Å². The third-order valence-corrected chi connectivity index (χ3v) is 7.87. The van der Waals surface area contributed by atoms with Crippen LogP contribution in [0.1, 0.15) is 49.8 Å². The highest BCUT2D eigenvalue weighted by atomic mass is 32.2. The SMILES string of the molecule is CCC1=C2[C@@H](CC/C(C)=C/c3cc(C)c(O)c(C)c3)OB(O)C[C@@H]2S(=O)(=O)C1. The molecule has 0 bridgehead atoms. The van der Waals surface area contributed by atoms with E-state index in [0.717, 1.165) is 39.8 Å². The Morgan fingerprint density at radius 3 is 2.57 bits per heavy atom. The van der Waals surface area contributed by atoms with Crippen molar-refractivity contribution in [3.8, 4) is 5.75 Å². The Balaban J connectivity index is 1.77. The lowest BCUT2D eigenvalue weighted by molar-refractivity contribution is 0.169. The van der Waals surface area contributed by atoms with Gasteiger partial charge >= 0.3 is 7.12 Å². The van der Waals surface area contributed by atoms with E-state index in [1.807, 2.05) is 39.8 Å². The lowest BCUT2D eigenvalue weighted by Gasteiger charge is -2.32. The topological polar surface area (TPSA) is 83.8 Å². The average molecular weight is 404 g/mol. The molecule has 3 rings (SSSR count). The Kier molecular flexibility index (Phi) is 6.08. The minimum absolute atomic E-state index is 0.0942. The van der Waals surface area contributed by atoms with Crippen LogP contribution in [-0.4, -0.2) is 42.8 Å². The molecule has 0 amide bonds. The van der Waals surface area contributed by atoms with Crippen molar-refractivity contribution >= 4 is 23.0 Å². The smallest absolute Gasteiger partial charge is 0.456 e. The van der Waals surface area contributed by atoms with Gasteiger partial charge in [-0.15, -0.1) is 0 Å². The van der Waals surface area contributed by atoms with Crippen molar-refractivity contribution in [2.24, 2.45) is 0 Å². The Hall–Kier alpha value is -1.57. The van der Waals surface area contributed by atoms with Gasteiger partial charge in [-0.05, 0) is 74.4 Å². The van der Waals surface area contributed by atoms with Gasteiger partial charge in [-0.1, -0.05) is 24.1 Å². The summed E-state index contributed by atoms with van der Waals surface area (Å²) in [7, 11) is -4.26. The summed E-state index contributed by atoms with van der Waals surface area (Å²) in [5.74, 6) is 0.420. The molecule has 0 radical (unpaired) electrons. The number of hydrogen-bond donors (Lipinski definition) is 2. The molecule has 2 N–H and O–H groups in total. The van der Waals surface area contributed by atoms with Crippen molar-refractivity contribution in [3.63, 3.8) is 0 Å². The summed E-state index contributed by atoms with van der Waals surface area (Å²) in [6.07, 6.45) is 3.94. The summed E-state index contributed by atoms with van der Waals surface area (Å²) in [5.41, 5.74) is 5.70. The summed E-state index contributed by atoms with van der Waals surface area (Å²) in [4.78, 5) is 0. The second-order valence-corrected chi connectivity index (χ2v) is 10.2. The van der Waals surface area contributed by atoms with Gasteiger partial charge in [0.25, 0.3) is 0 Å². The molecular weight excluding hydrogens is 375 g/mol. The lowest BCUT2D eigenvalue weighted by Crippen LogP contribution is -2.41. The van der Waals surface area contributed by atoms with Crippen LogP contribution in [-0.2, 0) is 14.5 Å². The zero-order valence-corrected chi connectivity index (χ0v) is 17.8. The molecule has 1 aromatic rings. The molecule has 0 saturated carbocycles. The van der Waals surface area contributed by atoms with Crippen molar-refractivity contribution < 1.29 is 23.2 Å². The fourth-order valence-electron chi connectivity index (χ4n) is 4.38. The monoisotopic (exact) mass is 404 g/mol. The number of allylic oxidation sites excluding steroid dienone is 1. The van der Waals surface area contributed by atoms with Crippen LogP contribution < -0.4 is 0 Å². The van der Waals surface area contributed by atoms with E-state index < -0.39 is 22.2 Å². The molecule has 1 aromatic carbocycles. The third kappa shape index (κ3) is 4.21. The van der Waals surface area contributed by atoms with Crippen molar-refractivity contribution in [2.45, 2.75) is 64.6 Å². The molecule has 1 fully saturated rings. The summed E-state index contributed by atoms with van der Waals surface area (Å²) in [6, 6.07) is 3.90. The molecule has 0 aliphatic carbocycles. The maximum absolute atomic E-state index is 12.5. The van der Waals surface area contributed by atoms with Crippen molar-refractivity contribution in [2.75, 3.05) is 5.75 Å². The maximum atomic E-state index is 12.5. The number of phenols is 1. The first kappa shape index (κ1) is 21.2. The van der Waals surface area contributed by atoms with Gasteiger partial charge in [0, 0.05) is 6.32 Å². The van der Waals surface area contributed by atoms with Crippen LogP contribution in [0.4, 0.5) is 0 Å². The van der Waals surface area contributed by atoms with E-state index in [0.29, 0.717) is 18.6 Å². The molecule has 0 spiro atoms. The van der Waals surface area contributed by atoms with Gasteiger partial charge in [-0.3, -0.25) is 0 Å². The van der Waals surface area contributed by atoms with E-state index in [1.54, 1.807) is 0 Å². The quantitative estimate of drug-likeness (QED) is 0.579. The molecule has 1 saturated heterocycles. The average Bonchev–Trinajstić information content (AvgIpc) is 2.88. The molecule has 7 heteroatoms. The third-order valence-electron chi connectivity index (χ3n) is 5.80. The van der Waals surface area contributed by atoms with E-state index in [2.05, 4.69) is 6.08 Å². The predicted octanol–water partition coefficient (Wildman–Crippen LogP) is 3.58. The zero-order chi connectivity index (χ0) is 20.6. The van der Waals surface area contributed by atoms with Gasteiger partial charge in [-0.25, -0.2) is 8.42 Å². The second kappa shape index (κ2) is 8.05. The standard InChI is InChI=1S/C21H29BO5S/c1-5-17-12-28(25,26)19-11-22(24)27-18(20(17)19)7-6-13(2)8-16-9-14(3)21(23)15(4)10-16/h8-10,18-19,23-24H,5-7,11-12H2,1-4H3/b13-8+/t18-,19+/m1/s1. The molecular formula is C21H29BO5S. The van der Waals surface area contributed by atoms with Gasteiger partial charge in [0.15, 0.2) is 9.84 Å². The van der Waals surface area contributed by atoms with Crippen molar-refractivity contribution in [1.82, 2.24) is 0 Å². The highest BCUT2D eigenvalue weighted by molar-refractivity contribution is 7.92. The first-order chi connectivity index (χ1) is 13.1. The fourth-order valence-corrected chi connectivity index (χ4v) is 6.60. The predicted molar refractivity (Wildman–Crippen MR) is 113 cm³/mol. The van der Waals surface area contributed by atoms with E-state index >= 15 is 0 Å². The van der Waals surface area contributed by atoms with Gasteiger partial charge in [0.1, 0.15) is 5.75 Å². The Bertz CT molecular complexity index is 909. The van der Waals surface area contributed by atoms with E-state index in [4.69, 9.17) is 4.65 Å². The largest absolute Gasteiger partial charge is 0.507 e. The molecule has 2 atom stereocenters. The summed E-state index contributed by atoms with van der Waals surface area (Å²) < 4.78 is 30.7. The minimum atomic E-state index is -3.23. The number of benzene rings is 1. The number of sulfone groups is 1.